The van der Waals surface area contributed by atoms with Crippen molar-refractivity contribution in [1.82, 2.24) is 10.2 Å². The van der Waals surface area contributed by atoms with Crippen LogP contribution in [0.15, 0.2) is 24.3 Å². The Morgan fingerprint density at radius 2 is 2.10 bits per heavy atom. The molecule has 1 aromatic carbocycles. The Morgan fingerprint density at radius 1 is 1.33 bits per heavy atom. The minimum Gasteiger partial charge on any atom is -0.352 e. The zero-order chi connectivity index (χ0) is 15.7. The molecule has 5 nitrogen and oxygen atoms in total. The Morgan fingerprint density at radius 3 is 2.71 bits per heavy atom. The Hall–Kier alpha value is -2.11. The smallest absolute Gasteiger partial charge is 0.312 e. The van der Waals surface area contributed by atoms with Gasteiger partial charge in [-0.05, 0) is 37.5 Å². The summed E-state index contributed by atoms with van der Waals surface area (Å²) in [6.45, 7) is 3.35. The highest BCUT2D eigenvalue weighted by molar-refractivity contribution is 5.76. The first-order valence-corrected chi connectivity index (χ1v) is 7.08. The van der Waals surface area contributed by atoms with Gasteiger partial charge in [-0.3, -0.25) is 4.79 Å². The van der Waals surface area contributed by atoms with Gasteiger partial charge >= 0.3 is 6.03 Å². The lowest BCUT2D eigenvalue weighted by Crippen LogP contribution is -2.31. The van der Waals surface area contributed by atoms with Crippen molar-refractivity contribution in [1.29, 1.82) is 0 Å². The maximum Gasteiger partial charge on any atom is 0.312 e. The number of nitrogens with one attached hydrogen (secondary N) is 1. The molecule has 3 N–H and O–H groups in total. The predicted octanol–water partition coefficient (Wildman–Crippen LogP) is 2.01. The summed E-state index contributed by atoms with van der Waals surface area (Å²) < 4.78 is 13.1. The molecule has 0 saturated carbocycles. The van der Waals surface area contributed by atoms with Crippen LogP contribution in [0.25, 0.3) is 0 Å². The number of hydrogen-bond acceptors (Lipinski definition) is 2. The van der Waals surface area contributed by atoms with Crippen LogP contribution < -0.4 is 11.1 Å². The van der Waals surface area contributed by atoms with Crippen LogP contribution >= 0.6 is 0 Å². The molecule has 0 aliphatic heterocycles. The third kappa shape index (κ3) is 6.74. The lowest BCUT2D eigenvalue weighted by Gasteiger charge is -2.21. The Labute approximate surface area is 124 Å². The van der Waals surface area contributed by atoms with Crippen LogP contribution in [-0.4, -0.2) is 29.9 Å². The second-order valence-corrected chi connectivity index (χ2v) is 4.79. The van der Waals surface area contributed by atoms with E-state index < -0.39 is 6.03 Å². The van der Waals surface area contributed by atoms with Gasteiger partial charge in [-0.2, -0.15) is 0 Å². The topological polar surface area (TPSA) is 75.4 Å². The van der Waals surface area contributed by atoms with Crippen molar-refractivity contribution in [2.45, 2.75) is 32.7 Å². The molecule has 0 saturated heterocycles. The Balaban J connectivity index is 2.37. The van der Waals surface area contributed by atoms with Crippen LogP contribution in [-0.2, 0) is 11.3 Å². The van der Waals surface area contributed by atoms with Gasteiger partial charge < -0.3 is 16.0 Å². The minimum absolute atomic E-state index is 0.0286. The average molecular weight is 295 g/mol. The molecule has 0 radical (unpaired) electrons. The lowest BCUT2D eigenvalue weighted by atomic mass is 10.1. The number of amides is 3. The number of urea groups is 1. The molecule has 0 unspecified atom stereocenters. The molecule has 0 atom stereocenters. The molecule has 0 aromatic heterocycles. The van der Waals surface area contributed by atoms with E-state index in [2.05, 4.69) is 5.32 Å². The highest BCUT2D eigenvalue weighted by Gasteiger charge is 2.12. The first-order valence-electron chi connectivity index (χ1n) is 7.08. The molecule has 116 valence electrons. The van der Waals surface area contributed by atoms with Gasteiger partial charge in [0.1, 0.15) is 5.82 Å². The van der Waals surface area contributed by atoms with Gasteiger partial charge in [-0.15, -0.1) is 0 Å². The van der Waals surface area contributed by atoms with Gasteiger partial charge in [-0.1, -0.05) is 12.1 Å². The summed E-state index contributed by atoms with van der Waals surface area (Å²) in [6.07, 6.45) is 1.79. The van der Waals surface area contributed by atoms with Gasteiger partial charge in [0.25, 0.3) is 0 Å². The molecule has 0 aliphatic carbocycles. The van der Waals surface area contributed by atoms with Crippen LogP contribution in [0.3, 0.4) is 0 Å². The maximum absolute atomic E-state index is 13.1. The summed E-state index contributed by atoms with van der Waals surface area (Å²) >= 11 is 0. The van der Waals surface area contributed by atoms with E-state index in [1.54, 1.807) is 17.0 Å². The number of nitrogens with zero attached hydrogens (tertiary/aromatic N) is 1. The normalized spacial score (nSPS) is 10.2. The second kappa shape index (κ2) is 8.94. The van der Waals surface area contributed by atoms with Crippen molar-refractivity contribution in [3.8, 4) is 0 Å². The fourth-order valence-electron chi connectivity index (χ4n) is 2.00. The largest absolute Gasteiger partial charge is 0.352 e. The standard InChI is InChI=1S/C15H22FN3O2/c1-2-19(11-12-6-5-7-13(16)10-12)14(20)8-3-4-9-18-15(17)21/h5-7,10H,2-4,8-9,11H2,1H3,(H3,17,18,21). The van der Waals surface area contributed by atoms with E-state index >= 15 is 0 Å². The molecule has 3 amide bonds. The summed E-state index contributed by atoms with van der Waals surface area (Å²) in [4.78, 5) is 24.3. The number of halogens is 1. The summed E-state index contributed by atoms with van der Waals surface area (Å²) in [5.41, 5.74) is 5.72. The molecular formula is C15H22FN3O2. The van der Waals surface area contributed by atoms with Gasteiger partial charge in [-0.25, -0.2) is 9.18 Å². The number of primary amides is 1. The fraction of sp³-hybridized carbons (Fsp3) is 0.467. The van der Waals surface area contributed by atoms with Crippen molar-refractivity contribution in [3.05, 3.63) is 35.6 Å². The van der Waals surface area contributed by atoms with Crippen LogP contribution in [0.1, 0.15) is 31.7 Å². The highest BCUT2D eigenvalue weighted by atomic mass is 19.1. The van der Waals surface area contributed by atoms with Gasteiger partial charge in [0.2, 0.25) is 5.91 Å². The predicted molar refractivity (Wildman–Crippen MR) is 78.9 cm³/mol. The van der Waals surface area contributed by atoms with Gasteiger partial charge in [0.15, 0.2) is 0 Å². The SMILES string of the molecule is CCN(Cc1cccc(F)c1)C(=O)CCCCNC(N)=O. The molecule has 21 heavy (non-hydrogen) atoms. The Kier molecular flexibility index (Phi) is 7.21. The lowest BCUT2D eigenvalue weighted by molar-refractivity contribution is -0.131. The number of carbonyl (C=O) groups is 2. The third-order valence-electron chi connectivity index (χ3n) is 3.11. The van der Waals surface area contributed by atoms with Crippen molar-refractivity contribution in [2.24, 2.45) is 5.73 Å². The van der Waals surface area contributed by atoms with Crippen molar-refractivity contribution in [2.75, 3.05) is 13.1 Å². The average Bonchev–Trinajstić information content (AvgIpc) is 2.44. The minimum atomic E-state index is -0.553. The first kappa shape index (κ1) is 16.9. The first-order chi connectivity index (χ1) is 10.0. The number of rotatable bonds is 8. The van der Waals surface area contributed by atoms with E-state index in [-0.39, 0.29) is 11.7 Å². The van der Waals surface area contributed by atoms with Crippen molar-refractivity contribution < 1.29 is 14.0 Å². The second-order valence-electron chi connectivity index (χ2n) is 4.79. The van der Waals surface area contributed by atoms with E-state index in [1.165, 1.54) is 12.1 Å². The number of nitrogens with two attached hydrogens (primary N) is 1. The quantitative estimate of drug-likeness (QED) is 0.720. The zero-order valence-electron chi connectivity index (χ0n) is 12.3. The van der Waals surface area contributed by atoms with Crippen LogP contribution in [0, 0.1) is 5.82 Å². The number of benzene rings is 1. The molecule has 0 fully saturated rings. The van der Waals surface area contributed by atoms with Crippen molar-refractivity contribution >= 4 is 11.9 Å². The summed E-state index contributed by atoms with van der Waals surface area (Å²) in [5, 5.41) is 2.48. The van der Waals surface area contributed by atoms with E-state index in [4.69, 9.17) is 5.73 Å². The summed E-state index contributed by atoms with van der Waals surface area (Å²) in [5.74, 6) is -0.269. The summed E-state index contributed by atoms with van der Waals surface area (Å²) in [7, 11) is 0. The Bertz CT molecular complexity index is 480. The zero-order valence-corrected chi connectivity index (χ0v) is 12.3. The molecule has 0 aliphatic rings. The molecule has 0 heterocycles. The maximum atomic E-state index is 13.1. The third-order valence-corrected chi connectivity index (χ3v) is 3.11. The number of carbonyl (C=O) groups excluding carboxylic acids is 2. The van der Waals surface area contributed by atoms with Gasteiger partial charge in [0, 0.05) is 26.1 Å². The van der Waals surface area contributed by atoms with E-state index in [0.29, 0.717) is 38.9 Å². The molecule has 6 heteroatoms. The molecule has 0 bridgehead atoms. The summed E-state index contributed by atoms with van der Waals surface area (Å²) in [6, 6.07) is 5.71. The molecular weight excluding hydrogens is 273 g/mol. The molecule has 0 spiro atoms. The van der Waals surface area contributed by atoms with Crippen LogP contribution in [0.4, 0.5) is 9.18 Å². The number of hydrogen-bond donors (Lipinski definition) is 2. The van der Waals surface area contributed by atoms with Gasteiger partial charge in [0.05, 0.1) is 0 Å². The molecule has 1 rings (SSSR count). The van der Waals surface area contributed by atoms with E-state index in [1.807, 2.05) is 6.92 Å². The van der Waals surface area contributed by atoms with Crippen LogP contribution in [0.5, 0.6) is 0 Å². The fourth-order valence-corrected chi connectivity index (χ4v) is 2.00. The van der Waals surface area contributed by atoms with Crippen LogP contribution in [0.2, 0.25) is 0 Å². The van der Waals surface area contributed by atoms with E-state index in [9.17, 15) is 14.0 Å². The monoisotopic (exact) mass is 295 g/mol. The van der Waals surface area contributed by atoms with Crippen molar-refractivity contribution in [3.63, 3.8) is 0 Å². The van der Waals surface area contributed by atoms with E-state index in [0.717, 1.165) is 5.56 Å². The number of unbranched alkanes of at least 4 members (excludes halogenated alkanes) is 1. The highest BCUT2D eigenvalue weighted by Crippen LogP contribution is 2.09. The molecule has 1 aromatic rings.